The number of benzene rings is 2. The predicted molar refractivity (Wildman–Crippen MR) is 117 cm³/mol. The van der Waals surface area contributed by atoms with Gasteiger partial charge in [-0.05, 0) is 74.6 Å². The number of aromatic nitrogens is 1. The Bertz CT molecular complexity index is 1060. The summed E-state index contributed by atoms with van der Waals surface area (Å²) < 4.78 is 13.6. The predicted octanol–water partition coefficient (Wildman–Crippen LogP) is 5.35. The minimum absolute atomic E-state index is 0.116. The zero-order valence-electron chi connectivity index (χ0n) is 16.8. The van der Waals surface area contributed by atoms with Gasteiger partial charge in [0.1, 0.15) is 5.82 Å². The Labute approximate surface area is 174 Å². The number of hydrogen-bond acceptors (Lipinski definition) is 4. The van der Waals surface area contributed by atoms with Crippen molar-refractivity contribution in [2.45, 2.75) is 39.7 Å². The zero-order valence-corrected chi connectivity index (χ0v) is 17.6. The molecule has 2 heterocycles. The first kappa shape index (κ1) is 19.6. The molecule has 29 heavy (non-hydrogen) atoms. The van der Waals surface area contributed by atoms with Crippen LogP contribution in [0.4, 0.5) is 15.2 Å². The molecule has 6 heteroatoms. The van der Waals surface area contributed by atoms with Gasteiger partial charge in [0.05, 0.1) is 12.2 Å². The number of carbonyl (C=O) groups excluding carboxylic acids is 1. The summed E-state index contributed by atoms with van der Waals surface area (Å²) in [6.45, 7) is 6.48. The molecule has 2 aromatic carbocycles. The highest BCUT2D eigenvalue weighted by molar-refractivity contribution is 7.14. The lowest BCUT2D eigenvalue weighted by atomic mass is 9.96. The van der Waals surface area contributed by atoms with Gasteiger partial charge in [0.2, 0.25) is 5.91 Å². The summed E-state index contributed by atoms with van der Waals surface area (Å²) in [4.78, 5) is 19.3. The number of anilines is 2. The molecule has 1 atom stereocenters. The van der Waals surface area contributed by atoms with Crippen molar-refractivity contribution in [3.63, 3.8) is 0 Å². The smallest absolute Gasteiger partial charge is 0.245 e. The third-order valence-electron chi connectivity index (χ3n) is 5.58. The lowest BCUT2D eigenvalue weighted by Gasteiger charge is -2.36. The summed E-state index contributed by atoms with van der Waals surface area (Å²) in [6, 6.07) is 11.3. The van der Waals surface area contributed by atoms with Crippen LogP contribution >= 0.6 is 11.3 Å². The first-order valence-electron chi connectivity index (χ1n) is 9.79. The van der Waals surface area contributed by atoms with Crippen LogP contribution in [0.25, 0.3) is 11.3 Å². The van der Waals surface area contributed by atoms with Crippen molar-refractivity contribution in [2.24, 2.45) is 0 Å². The van der Waals surface area contributed by atoms with E-state index < -0.39 is 0 Å². The minimum atomic E-state index is -0.232. The number of fused-ring (bicyclic) bond motifs is 1. The SMILES string of the molecule is Cc1ccc(-c2csc(NC(=O)CN3c4ccc(F)cc4CCC3C)n2)cc1C. The Kier molecular flexibility index (Phi) is 5.37. The molecule has 1 aliphatic heterocycles. The third-order valence-corrected chi connectivity index (χ3v) is 6.34. The van der Waals surface area contributed by atoms with Crippen LogP contribution in [-0.2, 0) is 11.2 Å². The molecule has 0 bridgehead atoms. The van der Waals surface area contributed by atoms with Gasteiger partial charge in [0.15, 0.2) is 5.13 Å². The summed E-state index contributed by atoms with van der Waals surface area (Å²) in [6.07, 6.45) is 1.73. The number of hydrogen-bond donors (Lipinski definition) is 1. The Morgan fingerprint density at radius 1 is 1.24 bits per heavy atom. The number of halogens is 1. The number of carbonyl (C=O) groups is 1. The van der Waals surface area contributed by atoms with Crippen LogP contribution in [0.3, 0.4) is 0 Å². The number of aryl methyl sites for hydroxylation is 3. The molecule has 4 rings (SSSR count). The van der Waals surface area contributed by atoms with Gasteiger partial charge >= 0.3 is 0 Å². The van der Waals surface area contributed by atoms with Gasteiger partial charge in [-0.25, -0.2) is 9.37 Å². The summed E-state index contributed by atoms with van der Waals surface area (Å²) in [5.41, 5.74) is 6.27. The minimum Gasteiger partial charge on any atom is -0.359 e. The third kappa shape index (κ3) is 4.17. The lowest BCUT2D eigenvalue weighted by molar-refractivity contribution is -0.115. The molecular formula is C23H24FN3OS. The fourth-order valence-corrected chi connectivity index (χ4v) is 4.45. The van der Waals surface area contributed by atoms with E-state index in [9.17, 15) is 9.18 Å². The first-order chi connectivity index (χ1) is 13.9. The quantitative estimate of drug-likeness (QED) is 0.632. The molecule has 1 N–H and O–H groups in total. The second-order valence-electron chi connectivity index (χ2n) is 7.67. The van der Waals surface area contributed by atoms with Crippen LogP contribution in [0.5, 0.6) is 0 Å². The molecule has 150 valence electrons. The van der Waals surface area contributed by atoms with E-state index in [1.54, 1.807) is 12.1 Å². The van der Waals surface area contributed by atoms with Gasteiger partial charge in [0.25, 0.3) is 0 Å². The summed E-state index contributed by atoms with van der Waals surface area (Å²) in [5, 5.41) is 5.47. The fraction of sp³-hybridized carbons (Fsp3) is 0.304. The van der Waals surface area contributed by atoms with Crippen LogP contribution < -0.4 is 10.2 Å². The first-order valence-corrected chi connectivity index (χ1v) is 10.7. The summed E-state index contributed by atoms with van der Waals surface area (Å²) in [5.74, 6) is -0.348. The summed E-state index contributed by atoms with van der Waals surface area (Å²) >= 11 is 1.42. The topological polar surface area (TPSA) is 45.2 Å². The Morgan fingerprint density at radius 3 is 2.86 bits per heavy atom. The fourth-order valence-electron chi connectivity index (χ4n) is 3.71. The number of nitrogens with zero attached hydrogens (tertiary/aromatic N) is 2. The molecule has 1 aromatic heterocycles. The molecule has 0 saturated heterocycles. The number of nitrogens with one attached hydrogen (secondary N) is 1. The normalized spacial score (nSPS) is 15.9. The van der Waals surface area contributed by atoms with Crippen molar-refractivity contribution in [2.75, 3.05) is 16.8 Å². The Balaban J connectivity index is 1.47. The molecule has 1 amide bonds. The van der Waals surface area contributed by atoms with E-state index in [1.807, 2.05) is 10.3 Å². The Morgan fingerprint density at radius 2 is 2.07 bits per heavy atom. The van der Waals surface area contributed by atoms with Gasteiger partial charge in [-0.3, -0.25) is 4.79 Å². The van der Waals surface area contributed by atoms with Crippen LogP contribution in [0.15, 0.2) is 41.8 Å². The van der Waals surface area contributed by atoms with E-state index >= 15 is 0 Å². The number of rotatable bonds is 4. The molecule has 3 aromatic rings. The van der Waals surface area contributed by atoms with Gasteiger partial charge in [-0.1, -0.05) is 12.1 Å². The maximum Gasteiger partial charge on any atom is 0.245 e. The van der Waals surface area contributed by atoms with E-state index in [-0.39, 0.29) is 24.3 Å². The molecule has 0 saturated carbocycles. The van der Waals surface area contributed by atoms with E-state index in [4.69, 9.17) is 0 Å². The molecule has 1 aliphatic rings. The molecule has 0 spiro atoms. The van der Waals surface area contributed by atoms with Crippen molar-refractivity contribution in [3.05, 3.63) is 64.3 Å². The highest BCUT2D eigenvalue weighted by atomic mass is 32.1. The van der Waals surface area contributed by atoms with E-state index in [0.29, 0.717) is 5.13 Å². The highest BCUT2D eigenvalue weighted by Gasteiger charge is 2.25. The van der Waals surface area contributed by atoms with Crippen LogP contribution in [0.2, 0.25) is 0 Å². The second-order valence-corrected chi connectivity index (χ2v) is 8.53. The zero-order chi connectivity index (χ0) is 20.5. The van der Waals surface area contributed by atoms with Crippen LogP contribution in [0, 0.1) is 19.7 Å². The van der Waals surface area contributed by atoms with Crippen molar-refractivity contribution >= 4 is 28.1 Å². The molecular weight excluding hydrogens is 385 g/mol. The number of thiazole rings is 1. The molecule has 0 aliphatic carbocycles. The lowest BCUT2D eigenvalue weighted by Crippen LogP contribution is -2.42. The maximum absolute atomic E-state index is 13.6. The van der Waals surface area contributed by atoms with Gasteiger partial charge in [-0.2, -0.15) is 0 Å². The standard InChI is InChI=1S/C23H24FN3OS/c1-14-4-6-17(10-15(14)2)20-13-29-23(25-20)26-22(28)12-27-16(3)5-7-18-11-19(24)8-9-21(18)27/h4,6,8-11,13,16H,5,7,12H2,1-3H3,(H,25,26,28). The monoisotopic (exact) mass is 409 g/mol. The maximum atomic E-state index is 13.6. The van der Waals surface area contributed by atoms with Crippen molar-refractivity contribution in [3.8, 4) is 11.3 Å². The van der Waals surface area contributed by atoms with Gasteiger partial charge < -0.3 is 10.2 Å². The van der Waals surface area contributed by atoms with Crippen molar-refractivity contribution in [1.82, 2.24) is 4.98 Å². The highest BCUT2D eigenvalue weighted by Crippen LogP contribution is 2.31. The average molecular weight is 410 g/mol. The molecule has 0 fully saturated rings. The van der Waals surface area contributed by atoms with Crippen LogP contribution in [0.1, 0.15) is 30.0 Å². The molecule has 4 nitrogen and oxygen atoms in total. The van der Waals surface area contributed by atoms with Gasteiger partial charge in [0, 0.05) is 22.7 Å². The van der Waals surface area contributed by atoms with Gasteiger partial charge in [-0.15, -0.1) is 11.3 Å². The van der Waals surface area contributed by atoms with E-state index in [2.05, 4.69) is 49.3 Å². The molecule has 1 unspecified atom stereocenters. The largest absolute Gasteiger partial charge is 0.359 e. The van der Waals surface area contributed by atoms with Crippen molar-refractivity contribution < 1.29 is 9.18 Å². The van der Waals surface area contributed by atoms with E-state index in [0.717, 1.165) is 35.3 Å². The molecule has 0 radical (unpaired) electrons. The second kappa shape index (κ2) is 7.95. The van der Waals surface area contributed by atoms with Crippen LogP contribution in [-0.4, -0.2) is 23.5 Å². The van der Waals surface area contributed by atoms with E-state index in [1.165, 1.54) is 28.5 Å². The van der Waals surface area contributed by atoms with Crippen molar-refractivity contribution in [1.29, 1.82) is 0 Å². The Hall–Kier alpha value is -2.73. The summed E-state index contributed by atoms with van der Waals surface area (Å²) in [7, 11) is 0. The average Bonchev–Trinajstić information content (AvgIpc) is 3.14. The number of amides is 1.